The lowest BCUT2D eigenvalue weighted by Gasteiger charge is -2.26. The van der Waals surface area contributed by atoms with Crippen molar-refractivity contribution in [1.82, 2.24) is 10.2 Å². The van der Waals surface area contributed by atoms with Crippen LogP contribution in [0.5, 0.6) is 0 Å². The van der Waals surface area contributed by atoms with Crippen molar-refractivity contribution in [3.05, 3.63) is 35.6 Å². The van der Waals surface area contributed by atoms with Crippen LogP contribution in [0.25, 0.3) is 0 Å². The van der Waals surface area contributed by atoms with Crippen LogP contribution in [0.2, 0.25) is 0 Å². The fourth-order valence-corrected chi connectivity index (χ4v) is 2.45. The summed E-state index contributed by atoms with van der Waals surface area (Å²) in [6.45, 7) is 3.16. The molecule has 0 radical (unpaired) electrons. The van der Waals surface area contributed by atoms with Crippen LogP contribution in [-0.4, -0.2) is 31.1 Å². The zero-order valence-electron chi connectivity index (χ0n) is 10.5. The largest absolute Gasteiger partial charge is 0.317 e. The first kappa shape index (κ1) is 12.5. The molecule has 1 N–H and O–H groups in total. The molecule has 1 aromatic carbocycles. The lowest BCUT2D eigenvalue weighted by molar-refractivity contribution is 0.216. The molecule has 2 rings (SSSR count). The molecule has 94 valence electrons. The first-order valence-electron chi connectivity index (χ1n) is 6.41. The standard InChI is InChI=1S/C14H21FN2/c1-17(14-3-2-9-16-10-8-14)11-12-4-6-13(15)7-5-12/h4-7,14,16H,2-3,8-11H2,1H3. The normalized spacial score (nSPS) is 21.5. The van der Waals surface area contributed by atoms with Crippen molar-refractivity contribution in [2.75, 3.05) is 20.1 Å². The molecular weight excluding hydrogens is 215 g/mol. The van der Waals surface area contributed by atoms with Gasteiger partial charge in [0.1, 0.15) is 5.82 Å². The molecule has 0 aromatic heterocycles. The van der Waals surface area contributed by atoms with Crippen molar-refractivity contribution in [2.24, 2.45) is 0 Å². The van der Waals surface area contributed by atoms with Crippen molar-refractivity contribution in [2.45, 2.75) is 31.8 Å². The van der Waals surface area contributed by atoms with Gasteiger partial charge in [-0.1, -0.05) is 12.1 Å². The van der Waals surface area contributed by atoms with E-state index >= 15 is 0 Å². The molecule has 0 saturated carbocycles. The molecule has 3 heteroatoms. The third-order valence-corrected chi connectivity index (χ3v) is 3.51. The van der Waals surface area contributed by atoms with Gasteiger partial charge in [-0.2, -0.15) is 0 Å². The van der Waals surface area contributed by atoms with Crippen LogP contribution < -0.4 is 5.32 Å². The smallest absolute Gasteiger partial charge is 0.123 e. The van der Waals surface area contributed by atoms with Crippen LogP contribution in [0.1, 0.15) is 24.8 Å². The van der Waals surface area contributed by atoms with Crippen molar-refractivity contribution < 1.29 is 4.39 Å². The van der Waals surface area contributed by atoms with E-state index < -0.39 is 0 Å². The molecule has 1 aliphatic rings. The van der Waals surface area contributed by atoms with Gasteiger partial charge in [0, 0.05) is 12.6 Å². The predicted molar refractivity (Wildman–Crippen MR) is 68.4 cm³/mol. The molecular formula is C14H21FN2. The number of rotatable bonds is 3. The minimum Gasteiger partial charge on any atom is -0.317 e. The van der Waals surface area contributed by atoms with Crippen molar-refractivity contribution in [3.63, 3.8) is 0 Å². The second-order valence-corrected chi connectivity index (χ2v) is 4.88. The van der Waals surface area contributed by atoms with Gasteiger partial charge in [0.15, 0.2) is 0 Å². The van der Waals surface area contributed by atoms with E-state index in [0.717, 1.165) is 19.6 Å². The van der Waals surface area contributed by atoms with Gasteiger partial charge in [0.05, 0.1) is 0 Å². The highest BCUT2D eigenvalue weighted by atomic mass is 19.1. The molecule has 1 aromatic rings. The van der Waals surface area contributed by atoms with E-state index in [2.05, 4.69) is 17.3 Å². The monoisotopic (exact) mass is 236 g/mol. The molecule has 1 heterocycles. The highest BCUT2D eigenvalue weighted by Crippen LogP contribution is 2.15. The average molecular weight is 236 g/mol. The Hall–Kier alpha value is -0.930. The van der Waals surface area contributed by atoms with Crippen LogP contribution >= 0.6 is 0 Å². The molecule has 1 atom stereocenters. The van der Waals surface area contributed by atoms with E-state index in [4.69, 9.17) is 0 Å². The summed E-state index contributed by atoms with van der Waals surface area (Å²) in [6.07, 6.45) is 3.71. The lowest BCUT2D eigenvalue weighted by atomic mass is 10.1. The summed E-state index contributed by atoms with van der Waals surface area (Å²) in [6, 6.07) is 7.48. The first-order valence-corrected chi connectivity index (χ1v) is 6.41. The number of halogens is 1. The molecule has 0 bridgehead atoms. The van der Waals surface area contributed by atoms with E-state index in [1.54, 1.807) is 0 Å². The fourth-order valence-electron chi connectivity index (χ4n) is 2.45. The molecule has 2 nitrogen and oxygen atoms in total. The van der Waals surface area contributed by atoms with Crippen LogP contribution in [0, 0.1) is 5.82 Å². The van der Waals surface area contributed by atoms with Gasteiger partial charge in [0.2, 0.25) is 0 Å². The molecule has 1 aliphatic heterocycles. The Labute approximate surface area is 103 Å². The van der Waals surface area contributed by atoms with E-state index in [0.29, 0.717) is 6.04 Å². The van der Waals surface area contributed by atoms with E-state index in [1.165, 1.54) is 37.0 Å². The van der Waals surface area contributed by atoms with Gasteiger partial charge in [-0.25, -0.2) is 4.39 Å². The number of nitrogens with zero attached hydrogens (tertiary/aromatic N) is 1. The predicted octanol–water partition coefficient (Wildman–Crippen LogP) is 2.40. The van der Waals surface area contributed by atoms with Gasteiger partial charge >= 0.3 is 0 Å². The van der Waals surface area contributed by atoms with Crippen molar-refractivity contribution >= 4 is 0 Å². The zero-order valence-corrected chi connectivity index (χ0v) is 10.5. The van der Waals surface area contributed by atoms with Crippen LogP contribution in [0.4, 0.5) is 4.39 Å². The molecule has 0 spiro atoms. The maximum absolute atomic E-state index is 12.8. The van der Waals surface area contributed by atoms with E-state index in [9.17, 15) is 4.39 Å². The quantitative estimate of drug-likeness (QED) is 0.867. The Balaban J connectivity index is 1.90. The van der Waals surface area contributed by atoms with Crippen molar-refractivity contribution in [3.8, 4) is 0 Å². The summed E-state index contributed by atoms with van der Waals surface area (Å²) in [4.78, 5) is 2.39. The number of hydrogen-bond donors (Lipinski definition) is 1. The Bertz CT molecular complexity index is 329. The minimum absolute atomic E-state index is 0.157. The Morgan fingerprint density at radius 3 is 2.76 bits per heavy atom. The van der Waals surface area contributed by atoms with Crippen LogP contribution in [0.15, 0.2) is 24.3 Å². The van der Waals surface area contributed by atoms with Crippen molar-refractivity contribution in [1.29, 1.82) is 0 Å². The average Bonchev–Trinajstić information content (AvgIpc) is 2.61. The molecule has 0 amide bonds. The summed E-state index contributed by atoms with van der Waals surface area (Å²) in [5.41, 5.74) is 1.19. The summed E-state index contributed by atoms with van der Waals surface area (Å²) in [5, 5.41) is 3.43. The first-order chi connectivity index (χ1) is 8.25. The number of hydrogen-bond acceptors (Lipinski definition) is 2. The van der Waals surface area contributed by atoms with Gasteiger partial charge in [-0.05, 0) is 57.1 Å². The second-order valence-electron chi connectivity index (χ2n) is 4.88. The highest BCUT2D eigenvalue weighted by molar-refractivity contribution is 5.15. The minimum atomic E-state index is -0.157. The SMILES string of the molecule is CN(Cc1ccc(F)cc1)C1CCCNCC1. The molecule has 17 heavy (non-hydrogen) atoms. The third-order valence-electron chi connectivity index (χ3n) is 3.51. The summed E-state index contributed by atoms with van der Waals surface area (Å²) in [5.74, 6) is -0.157. The molecule has 0 aliphatic carbocycles. The zero-order chi connectivity index (χ0) is 12.1. The van der Waals surface area contributed by atoms with E-state index in [1.807, 2.05) is 12.1 Å². The maximum atomic E-state index is 12.8. The molecule has 1 saturated heterocycles. The fraction of sp³-hybridized carbons (Fsp3) is 0.571. The Morgan fingerprint density at radius 2 is 2.00 bits per heavy atom. The highest BCUT2D eigenvalue weighted by Gasteiger charge is 2.16. The summed E-state index contributed by atoms with van der Waals surface area (Å²) < 4.78 is 12.8. The molecule has 1 unspecified atom stereocenters. The lowest BCUT2D eigenvalue weighted by Crippen LogP contribution is -2.31. The second kappa shape index (κ2) is 6.12. The van der Waals surface area contributed by atoms with Gasteiger partial charge in [-0.3, -0.25) is 4.90 Å². The summed E-state index contributed by atoms with van der Waals surface area (Å²) >= 11 is 0. The molecule has 1 fully saturated rings. The van der Waals surface area contributed by atoms with E-state index in [-0.39, 0.29) is 5.82 Å². The summed E-state index contributed by atoms with van der Waals surface area (Å²) in [7, 11) is 2.17. The maximum Gasteiger partial charge on any atom is 0.123 e. The Kier molecular flexibility index (Phi) is 4.51. The number of benzene rings is 1. The topological polar surface area (TPSA) is 15.3 Å². The van der Waals surface area contributed by atoms with Crippen LogP contribution in [-0.2, 0) is 6.54 Å². The van der Waals surface area contributed by atoms with Crippen LogP contribution in [0.3, 0.4) is 0 Å². The third kappa shape index (κ3) is 3.79. The van der Waals surface area contributed by atoms with Gasteiger partial charge in [0.25, 0.3) is 0 Å². The van der Waals surface area contributed by atoms with Gasteiger partial charge in [-0.15, -0.1) is 0 Å². The Morgan fingerprint density at radius 1 is 1.24 bits per heavy atom. The number of nitrogens with one attached hydrogen (secondary N) is 1. The van der Waals surface area contributed by atoms with Gasteiger partial charge < -0.3 is 5.32 Å².